The highest BCUT2D eigenvalue weighted by Gasteiger charge is 2.12. The fraction of sp³-hybridized carbons (Fsp3) is 0.0588. The van der Waals surface area contributed by atoms with Gasteiger partial charge < -0.3 is 9.47 Å². The summed E-state index contributed by atoms with van der Waals surface area (Å²) in [6.07, 6.45) is 0. The highest BCUT2D eigenvalue weighted by Crippen LogP contribution is 2.32. The zero-order valence-electron chi connectivity index (χ0n) is 19.9. The van der Waals surface area contributed by atoms with Gasteiger partial charge in [0.05, 0.1) is 0 Å². The topological polar surface area (TPSA) is 18.5 Å². The lowest BCUT2D eigenvalue weighted by atomic mass is 9.96. The van der Waals surface area contributed by atoms with Crippen LogP contribution in [0.15, 0.2) is 133 Å². The molecule has 174 valence electrons. The summed E-state index contributed by atoms with van der Waals surface area (Å²) in [7, 11) is 0. The molecule has 0 amide bonds. The Labute approximate surface area is 211 Å². The molecule has 0 radical (unpaired) electrons. The Bertz CT molecular complexity index is 1520. The average molecular weight is 467 g/mol. The van der Waals surface area contributed by atoms with Crippen molar-refractivity contribution in [1.29, 1.82) is 0 Å². The van der Waals surface area contributed by atoms with Gasteiger partial charge in [0.25, 0.3) is 0 Å². The smallest absolute Gasteiger partial charge is 0.127 e. The van der Waals surface area contributed by atoms with Crippen molar-refractivity contribution in [3.8, 4) is 22.6 Å². The van der Waals surface area contributed by atoms with Gasteiger partial charge in [-0.3, -0.25) is 0 Å². The molecule has 0 N–H and O–H groups in total. The van der Waals surface area contributed by atoms with E-state index in [2.05, 4.69) is 109 Å². The molecule has 0 aliphatic heterocycles. The van der Waals surface area contributed by atoms with Gasteiger partial charge in [-0.05, 0) is 45.2 Å². The van der Waals surface area contributed by atoms with Crippen molar-refractivity contribution < 1.29 is 9.47 Å². The molecule has 0 fully saturated rings. The highest BCUT2D eigenvalue weighted by atomic mass is 16.5. The molecule has 36 heavy (non-hydrogen) atoms. The van der Waals surface area contributed by atoms with Crippen LogP contribution in [0.3, 0.4) is 0 Å². The molecule has 0 spiro atoms. The van der Waals surface area contributed by atoms with Crippen LogP contribution in [-0.2, 0) is 13.2 Å². The van der Waals surface area contributed by atoms with Crippen molar-refractivity contribution >= 4 is 21.5 Å². The summed E-state index contributed by atoms with van der Waals surface area (Å²) < 4.78 is 12.7. The number of ether oxygens (including phenoxy) is 2. The van der Waals surface area contributed by atoms with Gasteiger partial charge in [-0.1, -0.05) is 121 Å². The van der Waals surface area contributed by atoms with E-state index in [4.69, 9.17) is 9.47 Å². The van der Waals surface area contributed by atoms with Crippen LogP contribution in [0.2, 0.25) is 0 Å². The maximum absolute atomic E-state index is 6.35. The summed E-state index contributed by atoms with van der Waals surface area (Å²) in [5.74, 6) is 1.80. The van der Waals surface area contributed by atoms with Gasteiger partial charge >= 0.3 is 0 Å². The molecule has 0 aromatic heterocycles. The maximum Gasteiger partial charge on any atom is 0.127 e. The summed E-state index contributed by atoms with van der Waals surface area (Å²) in [6.45, 7) is 0.978. The molecule has 0 heterocycles. The summed E-state index contributed by atoms with van der Waals surface area (Å²) in [5, 5.41) is 4.61. The molecule has 0 saturated carbocycles. The molecule has 6 rings (SSSR count). The molecule has 0 unspecified atom stereocenters. The van der Waals surface area contributed by atoms with E-state index in [0.29, 0.717) is 13.2 Å². The zero-order valence-corrected chi connectivity index (χ0v) is 19.9. The van der Waals surface area contributed by atoms with Gasteiger partial charge in [0.2, 0.25) is 0 Å². The van der Waals surface area contributed by atoms with E-state index < -0.39 is 0 Å². The van der Waals surface area contributed by atoms with Crippen LogP contribution in [0, 0.1) is 0 Å². The van der Waals surface area contributed by atoms with Gasteiger partial charge in [-0.15, -0.1) is 0 Å². The summed E-state index contributed by atoms with van der Waals surface area (Å²) in [4.78, 5) is 0. The van der Waals surface area contributed by atoms with Crippen LogP contribution in [0.4, 0.5) is 0 Å². The number of benzene rings is 6. The van der Waals surface area contributed by atoms with Gasteiger partial charge in [-0.2, -0.15) is 0 Å². The summed E-state index contributed by atoms with van der Waals surface area (Å²) in [5.41, 5.74) is 4.61. The first kappa shape index (κ1) is 21.9. The number of hydrogen-bond donors (Lipinski definition) is 0. The Morgan fingerprint density at radius 1 is 0.361 bits per heavy atom. The van der Waals surface area contributed by atoms with Gasteiger partial charge in [0.1, 0.15) is 24.7 Å². The normalized spacial score (nSPS) is 11.0. The van der Waals surface area contributed by atoms with Gasteiger partial charge in [-0.25, -0.2) is 0 Å². The van der Waals surface area contributed by atoms with E-state index >= 15 is 0 Å². The van der Waals surface area contributed by atoms with Crippen LogP contribution in [0.25, 0.3) is 32.7 Å². The number of fused-ring (bicyclic) bond motifs is 2. The number of hydrogen-bond acceptors (Lipinski definition) is 2. The average Bonchev–Trinajstić information content (AvgIpc) is 2.95. The third-order valence-corrected chi connectivity index (χ3v) is 6.59. The Morgan fingerprint density at radius 3 is 1.25 bits per heavy atom. The molecule has 6 aromatic carbocycles. The molecule has 0 saturated heterocycles. The number of rotatable bonds is 7. The Hall–Kier alpha value is -4.56. The van der Waals surface area contributed by atoms with E-state index in [9.17, 15) is 0 Å². The second-order valence-electron chi connectivity index (χ2n) is 8.85. The predicted molar refractivity (Wildman–Crippen MR) is 148 cm³/mol. The van der Waals surface area contributed by atoms with Crippen molar-refractivity contribution in [2.45, 2.75) is 13.2 Å². The van der Waals surface area contributed by atoms with E-state index in [1.165, 1.54) is 10.8 Å². The summed E-state index contributed by atoms with van der Waals surface area (Å²) >= 11 is 0. The lowest BCUT2D eigenvalue weighted by molar-refractivity contribution is 0.308. The molecule has 6 aromatic rings. The molecule has 2 nitrogen and oxygen atoms in total. The SMILES string of the molecule is c1ccc(-c2ccccc2COc2cccc3ccccc23)c(COc2cccc3ccccc23)c1. The fourth-order valence-corrected chi connectivity index (χ4v) is 4.77. The maximum atomic E-state index is 6.35. The van der Waals surface area contributed by atoms with Crippen LogP contribution >= 0.6 is 0 Å². The predicted octanol–water partition coefficient (Wildman–Crippen LogP) is 8.82. The molecular weight excluding hydrogens is 440 g/mol. The first-order chi connectivity index (χ1) is 17.9. The van der Waals surface area contributed by atoms with E-state index in [1.54, 1.807) is 0 Å². The van der Waals surface area contributed by atoms with E-state index in [1.807, 2.05) is 24.3 Å². The first-order valence-electron chi connectivity index (χ1n) is 12.2. The molecule has 0 aliphatic carbocycles. The molecule has 0 aliphatic rings. The fourth-order valence-electron chi connectivity index (χ4n) is 4.77. The van der Waals surface area contributed by atoms with Crippen molar-refractivity contribution in [2.24, 2.45) is 0 Å². The Morgan fingerprint density at radius 2 is 0.750 bits per heavy atom. The standard InChI is InChI=1S/C34H26O2/c1-7-19-31-25(11-1)15-9-21-33(31)35-23-27-13-3-5-17-29(27)30-18-6-4-14-28(30)24-36-34-22-10-16-26-12-2-8-20-32(26)34/h1-22H,23-24H2. The minimum Gasteiger partial charge on any atom is -0.488 e. The molecular formula is C34H26O2. The van der Waals surface area contributed by atoms with Crippen molar-refractivity contribution in [3.63, 3.8) is 0 Å². The third-order valence-electron chi connectivity index (χ3n) is 6.59. The quantitative estimate of drug-likeness (QED) is 0.234. The summed E-state index contributed by atoms with van der Waals surface area (Å²) in [6, 6.07) is 46.0. The Kier molecular flexibility index (Phi) is 6.08. The molecule has 0 bridgehead atoms. The van der Waals surface area contributed by atoms with Crippen molar-refractivity contribution in [2.75, 3.05) is 0 Å². The van der Waals surface area contributed by atoms with Gasteiger partial charge in [0, 0.05) is 10.8 Å². The van der Waals surface area contributed by atoms with Crippen LogP contribution in [0.1, 0.15) is 11.1 Å². The minimum absolute atomic E-state index is 0.489. The lowest BCUT2D eigenvalue weighted by Crippen LogP contribution is -2.02. The second-order valence-corrected chi connectivity index (χ2v) is 8.85. The second kappa shape index (κ2) is 9.97. The minimum atomic E-state index is 0.489. The van der Waals surface area contributed by atoms with Crippen LogP contribution in [0.5, 0.6) is 11.5 Å². The Balaban J connectivity index is 1.28. The monoisotopic (exact) mass is 466 g/mol. The van der Waals surface area contributed by atoms with Crippen LogP contribution in [-0.4, -0.2) is 0 Å². The first-order valence-corrected chi connectivity index (χ1v) is 12.2. The highest BCUT2D eigenvalue weighted by molar-refractivity contribution is 5.89. The lowest BCUT2D eigenvalue weighted by Gasteiger charge is -2.16. The van der Waals surface area contributed by atoms with E-state index in [-0.39, 0.29) is 0 Å². The van der Waals surface area contributed by atoms with Crippen molar-refractivity contribution in [3.05, 3.63) is 145 Å². The van der Waals surface area contributed by atoms with Crippen LogP contribution < -0.4 is 9.47 Å². The van der Waals surface area contributed by atoms with Gasteiger partial charge in [0.15, 0.2) is 0 Å². The third kappa shape index (κ3) is 4.42. The zero-order chi connectivity index (χ0) is 24.2. The van der Waals surface area contributed by atoms with E-state index in [0.717, 1.165) is 44.5 Å². The molecule has 0 atom stereocenters. The largest absolute Gasteiger partial charge is 0.488 e. The molecule has 2 heteroatoms. The van der Waals surface area contributed by atoms with Crippen molar-refractivity contribution in [1.82, 2.24) is 0 Å².